The van der Waals surface area contributed by atoms with E-state index < -0.39 is 17.6 Å². The average molecular weight is 496 g/mol. The van der Waals surface area contributed by atoms with Crippen LogP contribution in [-0.4, -0.2) is 54.8 Å². The number of benzene rings is 3. The Morgan fingerprint density at radius 1 is 1.06 bits per heavy atom. The van der Waals surface area contributed by atoms with E-state index in [1.165, 1.54) is 0 Å². The number of halogens is 1. The summed E-state index contributed by atoms with van der Waals surface area (Å²) in [5, 5.41) is 23.3. The van der Waals surface area contributed by atoms with Gasteiger partial charge in [0, 0.05) is 35.8 Å². The van der Waals surface area contributed by atoms with Crippen molar-refractivity contribution >= 4 is 17.4 Å². The molecule has 1 saturated heterocycles. The molecule has 6 nitrogen and oxygen atoms in total. The molecule has 2 N–H and O–H groups in total. The van der Waals surface area contributed by atoms with Crippen LogP contribution >= 0.6 is 11.6 Å². The maximum Gasteiger partial charge on any atom is 0.170 e. The predicted octanol–water partition coefficient (Wildman–Crippen LogP) is 4.48. The first-order chi connectivity index (χ1) is 16.9. The van der Waals surface area contributed by atoms with Crippen LogP contribution in [0.4, 0.5) is 0 Å². The number of rotatable bonds is 8. The molecule has 0 bridgehead atoms. The first kappa shape index (κ1) is 25.2. The highest BCUT2D eigenvalue weighted by Crippen LogP contribution is 2.41. The number of carbonyl (C=O) groups is 1. The van der Waals surface area contributed by atoms with E-state index in [0.29, 0.717) is 52.7 Å². The Labute approximate surface area is 210 Å². The molecular weight excluding hydrogens is 466 g/mol. The molecule has 184 valence electrons. The number of nitrogens with zero attached hydrogens (tertiary/aromatic N) is 1. The molecule has 1 aliphatic rings. The molecular formula is C28H30ClNO5. The Morgan fingerprint density at radius 3 is 2.46 bits per heavy atom. The maximum absolute atomic E-state index is 13.8. The van der Waals surface area contributed by atoms with Crippen molar-refractivity contribution in [2.75, 3.05) is 33.9 Å². The monoisotopic (exact) mass is 495 g/mol. The molecule has 0 saturated carbocycles. The van der Waals surface area contributed by atoms with Gasteiger partial charge in [-0.2, -0.15) is 0 Å². The highest BCUT2D eigenvalue weighted by molar-refractivity contribution is 6.31. The zero-order chi connectivity index (χ0) is 25.0. The Balaban J connectivity index is 1.66. The molecule has 1 heterocycles. The first-order valence-electron chi connectivity index (χ1n) is 11.6. The molecule has 0 aliphatic carbocycles. The van der Waals surface area contributed by atoms with Crippen LogP contribution in [0.15, 0.2) is 72.8 Å². The van der Waals surface area contributed by atoms with Crippen LogP contribution in [0.5, 0.6) is 11.5 Å². The van der Waals surface area contributed by atoms with Gasteiger partial charge in [-0.15, -0.1) is 0 Å². The van der Waals surface area contributed by atoms with Crippen LogP contribution in [0.2, 0.25) is 5.02 Å². The van der Waals surface area contributed by atoms with E-state index in [4.69, 9.17) is 21.1 Å². The fourth-order valence-corrected chi connectivity index (χ4v) is 5.03. The van der Waals surface area contributed by atoms with E-state index in [-0.39, 0.29) is 12.3 Å². The van der Waals surface area contributed by atoms with Crippen molar-refractivity contribution in [3.8, 4) is 11.5 Å². The fraction of sp³-hybridized carbons (Fsp3) is 0.321. The van der Waals surface area contributed by atoms with E-state index in [1.807, 2.05) is 29.2 Å². The fourth-order valence-electron chi connectivity index (χ4n) is 4.77. The number of aliphatic hydroxyl groups is 2. The molecule has 3 aromatic carbocycles. The third kappa shape index (κ3) is 5.36. The summed E-state index contributed by atoms with van der Waals surface area (Å²) in [6.45, 7) is 1.06. The molecule has 1 aliphatic heterocycles. The highest BCUT2D eigenvalue weighted by atomic mass is 35.5. The van der Waals surface area contributed by atoms with Crippen LogP contribution in [0.3, 0.4) is 0 Å². The second-order valence-corrected chi connectivity index (χ2v) is 9.26. The van der Waals surface area contributed by atoms with Gasteiger partial charge >= 0.3 is 0 Å². The first-order valence-corrected chi connectivity index (χ1v) is 11.9. The number of ketones is 1. The van der Waals surface area contributed by atoms with Crippen LogP contribution < -0.4 is 9.47 Å². The largest absolute Gasteiger partial charge is 0.497 e. The van der Waals surface area contributed by atoms with Gasteiger partial charge in [0.05, 0.1) is 26.2 Å². The van der Waals surface area contributed by atoms with Crippen molar-refractivity contribution in [3.05, 3.63) is 94.5 Å². The van der Waals surface area contributed by atoms with Gasteiger partial charge in [0.2, 0.25) is 0 Å². The molecule has 35 heavy (non-hydrogen) atoms. The molecule has 0 radical (unpaired) electrons. The van der Waals surface area contributed by atoms with Crippen molar-refractivity contribution in [3.63, 3.8) is 0 Å². The lowest BCUT2D eigenvalue weighted by Crippen LogP contribution is -2.53. The molecule has 0 aromatic heterocycles. The van der Waals surface area contributed by atoms with Crippen molar-refractivity contribution in [2.45, 2.75) is 18.1 Å². The molecule has 3 unspecified atom stereocenters. The number of likely N-dealkylation sites (tertiary alicyclic amines) is 1. The number of Topliss-reactive ketones (excluding diaryl/α,β-unsaturated/α-hetero) is 1. The minimum atomic E-state index is -1.40. The summed E-state index contributed by atoms with van der Waals surface area (Å²) in [6.07, 6.45) is -0.505. The van der Waals surface area contributed by atoms with E-state index in [2.05, 4.69) is 0 Å². The Hall–Kier alpha value is -2.90. The quantitative estimate of drug-likeness (QED) is 0.448. The predicted molar refractivity (Wildman–Crippen MR) is 135 cm³/mol. The third-order valence-electron chi connectivity index (χ3n) is 6.76. The van der Waals surface area contributed by atoms with E-state index >= 15 is 0 Å². The summed E-state index contributed by atoms with van der Waals surface area (Å²) in [6, 6.07) is 21.4. The summed E-state index contributed by atoms with van der Waals surface area (Å²) in [4.78, 5) is 15.8. The summed E-state index contributed by atoms with van der Waals surface area (Å²) >= 11 is 6.28. The summed E-state index contributed by atoms with van der Waals surface area (Å²) in [5.41, 5.74) is 0.327. The maximum atomic E-state index is 13.8. The van der Waals surface area contributed by atoms with E-state index in [1.54, 1.807) is 62.8 Å². The average Bonchev–Trinajstić information content (AvgIpc) is 2.89. The number of β-amino-alcohol motifs (C(OH)–C–C–N with tert-alkyl or cyclic N) is 1. The van der Waals surface area contributed by atoms with Gasteiger partial charge in [0.1, 0.15) is 17.1 Å². The van der Waals surface area contributed by atoms with Gasteiger partial charge in [0.15, 0.2) is 5.78 Å². The van der Waals surface area contributed by atoms with E-state index in [9.17, 15) is 15.0 Å². The smallest absolute Gasteiger partial charge is 0.170 e. The van der Waals surface area contributed by atoms with Crippen molar-refractivity contribution in [1.82, 2.24) is 4.90 Å². The highest BCUT2D eigenvalue weighted by Gasteiger charge is 2.47. The molecule has 3 aromatic rings. The Morgan fingerprint density at radius 2 is 1.74 bits per heavy atom. The molecule has 4 rings (SSSR count). The van der Waals surface area contributed by atoms with Crippen LogP contribution in [0.25, 0.3) is 0 Å². The zero-order valence-corrected chi connectivity index (χ0v) is 20.6. The van der Waals surface area contributed by atoms with Gasteiger partial charge in [-0.3, -0.25) is 9.69 Å². The third-order valence-corrected chi connectivity index (χ3v) is 7.11. The lowest BCUT2D eigenvalue weighted by molar-refractivity contribution is -0.0704. The van der Waals surface area contributed by atoms with Gasteiger partial charge < -0.3 is 19.7 Å². The molecule has 0 amide bonds. The van der Waals surface area contributed by atoms with Crippen molar-refractivity contribution < 1.29 is 24.5 Å². The molecule has 0 spiro atoms. The minimum Gasteiger partial charge on any atom is -0.497 e. The summed E-state index contributed by atoms with van der Waals surface area (Å²) in [5.74, 6) is 0.225. The SMILES string of the molecule is COc1cccc(C(=O)C2CN(CC(O)c3ccccc3Cl)CCC2(O)c2cccc(OC)c2)c1. The summed E-state index contributed by atoms with van der Waals surface area (Å²) < 4.78 is 10.7. The Bertz CT molecular complexity index is 1190. The number of carbonyl (C=O) groups excluding carboxylic acids is 1. The molecule has 3 atom stereocenters. The van der Waals surface area contributed by atoms with Gasteiger partial charge in [0.25, 0.3) is 0 Å². The second-order valence-electron chi connectivity index (χ2n) is 8.85. The standard InChI is InChI=1S/C28H30ClNO5/c1-34-21-9-5-7-19(15-21)27(32)24-17-30(18-26(31)23-11-3-4-12-25(23)29)14-13-28(24,33)20-8-6-10-22(16-20)35-2/h3-12,15-16,24,26,31,33H,13-14,17-18H2,1-2H3. The number of ether oxygens (including phenoxy) is 2. The Kier molecular flexibility index (Phi) is 7.77. The zero-order valence-electron chi connectivity index (χ0n) is 19.9. The van der Waals surface area contributed by atoms with Gasteiger partial charge in [-0.1, -0.05) is 54.1 Å². The van der Waals surface area contributed by atoms with E-state index in [0.717, 1.165) is 0 Å². The number of piperidine rings is 1. The normalized spacial score (nSPS) is 21.3. The second kappa shape index (κ2) is 10.8. The number of hydrogen-bond acceptors (Lipinski definition) is 6. The topological polar surface area (TPSA) is 79.2 Å². The van der Waals surface area contributed by atoms with Gasteiger partial charge in [-0.05, 0) is 42.3 Å². The molecule has 7 heteroatoms. The van der Waals surface area contributed by atoms with Crippen molar-refractivity contribution in [2.24, 2.45) is 5.92 Å². The minimum absolute atomic E-state index is 0.189. The van der Waals surface area contributed by atoms with Crippen LogP contribution in [0, 0.1) is 5.92 Å². The lowest BCUT2D eigenvalue weighted by Gasteiger charge is -2.44. The number of hydrogen-bond donors (Lipinski definition) is 2. The van der Waals surface area contributed by atoms with Crippen LogP contribution in [0.1, 0.15) is 34.0 Å². The number of aliphatic hydroxyl groups excluding tert-OH is 1. The summed E-state index contributed by atoms with van der Waals surface area (Å²) in [7, 11) is 3.12. The van der Waals surface area contributed by atoms with Crippen molar-refractivity contribution in [1.29, 1.82) is 0 Å². The van der Waals surface area contributed by atoms with Crippen LogP contribution in [-0.2, 0) is 5.60 Å². The molecule has 1 fully saturated rings. The number of methoxy groups -OCH3 is 2. The lowest BCUT2D eigenvalue weighted by atomic mass is 9.72. The van der Waals surface area contributed by atoms with Gasteiger partial charge in [-0.25, -0.2) is 0 Å².